The second kappa shape index (κ2) is 8.93. The number of hydrogen-bond donors (Lipinski definition) is 3. The molecule has 1 unspecified atom stereocenters. The molecule has 2 aliphatic rings. The number of rotatable bonds is 5. The number of azo groups is 2. The Bertz CT molecular complexity index is 1780. The van der Waals surface area contributed by atoms with Gasteiger partial charge < -0.3 is 20.5 Å². The Morgan fingerprint density at radius 1 is 1.00 bits per heavy atom. The third-order valence-electron chi connectivity index (χ3n) is 6.02. The van der Waals surface area contributed by atoms with Crippen LogP contribution in [0.1, 0.15) is 0 Å². The van der Waals surface area contributed by atoms with Gasteiger partial charge in [-0.05, 0) is 47.3 Å². The van der Waals surface area contributed by atoms with Crippen molar-refractivity contribution in [2.24, 2.45) is 5.11 Å². The molecule has 0 spiro atoms. The normalized spacial score (nSPS) is 15.3. The molecule has 4 aromatic carbocycles. The number of aromatic nitrogens is 3. The smallest absolute Gasteiger partial charge is 0.397 e. The number of fused-ring (bicyclic) bond motifs is 8. The van der Waals surface area contributed by atoms with Crippen molar-refractivity contribution in [1.29, 1.82) is 0 Å². The third kappa shape index (κ3) is 3.81. The Morgan fingerprint density at radius 3 is 2.71 bits per heavy atom. The standard InChI is InChI=1S/C24H14ClN7O5S/c25-21-28-22(26)30-23(29-21)27-12-6-7-13-11(9-12)5-8-16-20(13)35-24-32(31-16)19-15-4-2-1-3-14(15)18(38-37-36-33)10-17(19)34-24/h1-10,24H,(H3,26,28,29,30,33)/p+1. The van der Waals surface area contributed by atoms with Crippen molar-refractivity contribution in [3.05, 3.63) is 65.9 Å². The Kier molecular flexibility index (Phi) is 5.38. The summed E-state index contributed by atoms with van der Waals surface area (Å²) in [6, 6.07) is 19.0. The minimum Gasteiger partial charge on any atom is -0.397 e. The highest BCUT2D eigenvalue weighted by molar-refractivity contribution is 7.94. The maximum Gasteiger partial charge on any atom is 0.492 e. The second-order valence-electron chi connectivity index (χ2n) is 8.24. The fourth-order valence-corrected chi connectivity index (χ4v) is 5.22. The van der Waals surface area contributed by atoms with Crippen LogP contribution in [0.4, 0.5) is 29.0 Å². The lowest BCUT2D eigenvalue weighted by Crippen LogP contribution is -2.30. The Labute approximate surface area is 222 Å². The van der Waals surface area contributed by atoms with E-state index in [1.165, 1.54) is 0 Å². The Hall–Kier alpha value is -4.27. The summed E-state index contributed by atoms with van der Waals surface area (Å²) in [6.45, 7) is 0. The van der Waals surface area contributed by atoms with E-state index in [1.807, 2.05) is 54.6 Å². The van der Waals surface area contributed by atoms with Gasteiger partial charge in [0.1, 0.15) is 0 Å². The van der Waals surface area contributed by atoms with Crippen molar-refractivity contribution < 1.29 is 28.8 Å². The summed E-state index contributed by atoms with van der Waals surface area (Å²) < 4.78 is 18.9. The van der Waals surface area contributed by atoms with Gasteiger partial charge in [0.25, 0.3) is 5.69 Å². The summed E-state index contributed by atoms with van der Waals surface area (Å²) in [6.07, 6.45) is -0.810. The first-order valence-electron chi connectivity index (χ1n) is 11.1. The SMILES string of the molecule is Nc1nc(Cl)nc(Nc2ccc3c4c(ccc3c2)N=[N+]2c3c(cc(SOOO)c5ccccc35)OC2O4)n1. The molecule has 1 aromatic heterocycles. The van der Waals surface area contributed by atoms with Gasteiger partial charge >= 0.3 is 6.41 Å². The molecule has 1 atom stereocenters. The van der Waals surface area contributed by atoms with E-state index in [4.69, 9.17) is 37.2 Å². The molecule has 0 saturated carbocycles. The Morgan fingerprint density at radius 2 is 1.87 bits per heavy atom. The van der Waals surface area contributed by atoms with Crippen molar-refractivity contribution in [3.63, 3.8) is 0 Å². The largest absolute Gasteiger partial charge is 0.492 e. The lowest BCUT2D eigenvalue weighted by atomic mass is 10.1. The molecule has 14 heteroatoms. The topological polar surface area (TPSA) is 149 Å². The molecule has 2 aliphatic heterocycles. The zero-order valence-electron chi connectivity index (χ0n) is 19.0. The van der Waals surface area contributed by atoms with Gasteiger partial charge in [0.15, 0.2) is 11.4 Å². The lowest BCUT2D eigenvalue weighted by Gasteiger charge is -2.16. The zero-order chi connectivity index (χ0) is 25.8. The first kappa shape index (κ1) is 22.9. The number of nitrogens with zero attached hydrogens (tertiary/aromatic N) is 5. The number of benzene rings is 4. The molecule has 7 rings (SSSR count). The number of ether oxygens (including phenoxy) is 2. The highest BCUT2D eigenvalue weighted by atomic mass is 35.5. The van der Waals surface area contributed by atoms with Crippen molar-refractivity contribution in [2.75, 3.05) is 11.1 Å². The molecule has 0 bridgehead atoms. The van der Waals surface area contributed by atoms with Crippen LogP contribution in [-0.4, -0.2) is 31.3 Å². The van der Waals surface area contributed by atoms with E-state index < -0.39 is 6.41 Å². The summed E-state index contributed by atoms with van der Waals surface area (Å²) in [5.74, 6) is 1.40. The van der Waals surface area contributed by atoms with Crippen LogP contribution in [0.5, 0.6) is 11.5 Å². The van der Waals surface area contributed by atoms with Gasteiger partial charge in [-0.15, -0.1) is 4.33 Å². The van der Waals surface area contributed by atoms with Crippen LogP contribution < -0.4 is 20.5 Å². The summed E-state index contributed by atoms with van der Waals surface area (Å²) in [4.78, 5) is 12.5. The van der Waals surface area contributed by atoms with Gasteiger partial charge in [-0.1, -0.05) is 29.3 Å². The van der Waals surface area contributed by atoms with E-state index in [0.29, 0.717) is 22.1 Å². The molecular weight excluding hydrogens is 534 g/mol. The van der Waals surface area contributed by atoms with Crippen molar-refractivity contribution in [2.45, 2.75) is 11.3 Å². The predicted molar refractivity (Wildman–Crippen MR) is 138 cm³/mol. The molecule has 0 aliphatic carbocycles. The molecule has 0 saturated heterocycles. The predicted octanol–water partition coefficient (Wildman–Crippen LogP) is 6.08. The quantitative estimate of drug-likeness (QED) is 0.101. The molecule has 0 amide bonds. The maximum atomic E-state index is 8.62. The van der Waals surface area contributed by atoms with E-state index in [9.17, 15) is 0 Å². The fourth-order valence-electron chi connectivity index (χ4n) is 4.52. The van der Waals surface area contributed by atoms with Crippen LogP contribution in [0.25, 0.3) is 21.5 Å². The average Bonchev–Trinajstić information content (AvgIpc) is 3.27. The van der Waals surface area contributed by atoms with Gasteiger partial charge in [-0.25, -0.2) is 5.26 Å². The lowest BCUT2D eigenvalue weighted by molar-refractivity contribution is -0.612. The van der Waals surface area contributed by atoms with Crippen molar-refractivity contribution >= 4 is 74.1 Å². The number of nitrogens with one attached hydrogen (secondary N) is 1. The number of hydrogen-bond acceptors (Lipinski definition) is 12. The van der Waals surface area contributed by atoms with E-state index in [-0.39, 0.29) is 17.2 Å². The number of nitrogen functional groups attached to an aromatic ring is 1. The zero-order valence-corrected chi connectivity index (χ0v) is 20.6. The van der Waals surface area contributed by atoms with Crippen LogP contribution in [0.3, 0.4) is 0 Å². The minimum atomic E-state index is -0.810. The van der Waals surface area contributed by atoms with Crippen molar-refractivity contribution in [3.8, 4) is 11.5 Å². The second-order valence-corrected chi connectivity index (χ2v) is 9.32. The first-order chi connectivity index (χ1) is 18.6. The third-order valence-corrected chi connectivity index (χ3v) is 6.83. The molecule has 38 heavy (non-hydrogen) atoms. The maximum absolute atomic E-state index is 8.62. The first-order valence-corrected chi connectivity index (χ1v) is 12.2. The van der Waals surface area contributed by atoms with Crippen LogP contribution in [-0.2, 0) is 9.37 Å². The molecular formula is C24H15ClN7O5S+. The van der Waals surface area contributed by atoms with Gasteiger partial charge in [-0.2, -0.15) is 15.0 Å². The molecule has 3 heterocycles. The van der Waals surface area contributed by atoms with Gasteiger partial charge in [0.05, 0.1) is 22.3 Å². The van der Waals surface area contributed by atoms with Crippen molar-refractivity contribution in [1.82, 2.24) is 15.0 Å². The molecule has 0 radical (unpaired) electrons. The van der Waals surface area contributed by atoms with Crippen LogP contribution in [0, 0.1) is 0 Å². The van der Waals surface area contributed by atoms with E-state index in [0.717, 1.165) is 45.0 Å². The Balaban J connectivity index is 1.27. The average molecular weight is 549 g/mol. The summed E-state index contributed by atoms with van der Waals surface area (Å²) in [5.41, 5.74) is 7.81. The summed E-state index contributed by atoms with van der Waals surface area (Å²) in [5, 5.41) is 23.8. The number of nitrogens with two attached hydrogens (primary N) is 1. The highest BCUT2D eigenvalue weighted by Gasteiger charge is 2.46. The van der Waals surface area contributed by atoms with Crippen LogP contribution in [0.2, 0.25) is 5.28 Å². The van der Waals surface area contributed by atoms with E-state index in [1.54, 1.807) is 10.8 Å². The monoisotopic (exact) mass is 548 g/mol. The fraction of sp³-hybridized carbons (Fsp3) is 0.0417. The highest BCUT2D eigenvalue weighted by Crippen LogP contribution is 2.50. The molecule has 0 fully saturated rings. The van der Waals surface area contributed by atoms with Gasteiger partial charge in [0.2, 0.25) is 22.9 Å². The van der Waals surface area contributed by atoms with E-state index >= 15 is 0 Å². The molecule has 188 valence electrons. The van der Waals surface area contributed by atoms with E-state index in [2.05, 4.69) is 29.6 Å². The van der Waals surface area contributed by atoms with Crippen LogP contribution in [0.15, 0.2) is 70.7 Å². The molecule has 4 N–H and O–H groups in total. The van der Waals surface area contributed by atoms with Gasteiger partial charge in [-0.3, -0.25) is 0 Å². The summed E-state index contributed by atoms with van der Waals surface area (Å²) in [7, 11) is 0. The van der Waals surface area contributed by atoms with Crippen LogP contribution >= 0.6 is 23.6 Å². The minimum absolute atomic E-state index is 0.000247. The number of halogens is 1. The number of anilines is 3. The molecule has 12 nitrogen and oxygen atoms in total. The van der Waals surface area contributed by atoms with Gasteiger partial charge in [0, 0.05) is 32.3 Å². The summed E-state index contributed by atoms with van der Waals surface area (Å²) >= 11 is 6.75. The molecule has 5 aromatic rings.